The average Bonchev–Trinajstić information content (AvgIpc) is 2.90. The fourth-order valence-corrected chi connectivity index (χ4v) is 5.87. The molecule has 2 fully saturated rings. The number of benzene rings is 2. The topological polar surface area (TPSA) is 37.0 Å². The van der Waals surface area contributed by atoms with E-state index in [2.05, 4.69) is 27.4 Å². The Kier molecular flexibility index (Phi) is 9.19. The monoisotopic (exact) mass is 469 g/mol. The van der Waals surface area contributed by atoms with Crippen LogP contribution in [0.5, 0.6) is 5.75 Å². The van der Waals surface area contributed by atoms with E-state index in [4.69, 9.17) is 9.57 Å². The van der Waals surface area contributed by atoms with Crippen LogP contribution in [0.2, 0.25) is 0 Å². The van der Waals surface area contributed by atoms with Gasteiger partial charge in [-0.15, -0.1) is 0 Å². The second-order valence-corrected chi connectivity index (χ2v) is 9.66. The summed E-state index contributed by atoms with van der Waals surface area (Å²) in [5.41, 5.74) is 5.28. The van der Waals surface area contributed by atoms with Crippen molar-refractivity contribution in [2.75, 3.05) is 51.8 Å². The number of rotatable bonds is 10. The molecule has 6 heteroatoms. The van der Waals surface area contributed by atoms with Gasteiger partial charge in [-0.05, 0) is 55.5 Å². The number of halogens is 1. The normalized spacial score (nSPS) is 19.7. The molecule has 0 aromatic heterocycles. The van der Waals surface area contributed by atoms with Crippen molar-refractivity contribution in [2.24, 2.45) is 5.92 Å². The second kappa shape index (κ2) is 12.5. The molecule has 2 aliphatic rings. The number of ether oxygens (including phenoxy) is 1. The third kappa shape index (κ3) is 6.09. The van der Waals surface area contributed by atoms with Gasteiger partial charge in [0.25, 0.3) is 0 Å². The molecule has 5 nitrogen and oxygen atoms in total. The van der Waals surface area contributed by atoms with Crippen LogP contribution in [0.25, 0.3) is 0 Å². The minimum Gasteiger partial charge on any atom is -0.495 e. The Hall–Kier alpha value is -2.15. The van der Waals surface area contributed by atoms with E-state index in [1.165, 1.54) is 32.1 Å². The molecule has 4 rings (SSSR count). The van der Waals surface area contributed by atoms with Crippen LogP contribution in [-0.4, -0.2) is 57.9 Å². The summed E-state index contributed by atoms with van der Waals surface area (Å²) in [4.78, 5) is 10.4. The maximum Gasteiger partial charge on any atom is 0.142 e. The summed E-state index contributed by atoms with van der Waals surface area (Å²) in [6, 6.07) is 15.7. The van der Waals surface area contributed by atoms with Gasteiger partial charge in [0.05, 0.1) is 19.9 Å². The number of piperazine rings is 1. The third-order valence-corrected chi connectivity index (χ3v) is 7.70. The Labute approximate surface area is 204 Å². The van der Waals surface area contributed by atoms with Crippen molar-refractivity contribution in [1.82, 2.24) is 10.4 Å². The summed E-state index contributed by atoms with van der Waals surface area (Å²) in [5.74, 6) is 1.42. The molecule has 1 saturated heterocycles. The molecule has 186 valence electrons. The maximum atomic E-state index is 15.0. The largest absolute Gasteiger partial charge is 0.495 e. The molecule has 2 atom stereocenters. The number of nitrogens with one attached hydrogen (secondary N) is 1. The SMILES string of the molecule is CON[C@H](C1CCCCC1)[C@@H](CCN1CCN(c2ccccc2OC)CC1)c1ccccc1F. The minimum atomic E-state index is -0.104. The predicted octanol–water partition coefficient (Wildman–Crippen LogP) is 5.23. The minimum absolute atomic E-state index is 0.0801. The van der Waals surface area contributed by atoms with E-state index in [0.717, 1.165) is 56.1 Å². The molecule has 0 amide bonds. The first-order chi connectivity index (χ1) is 16.7. The number of hydroxylamine groups is 1. The van der Waals surface area contributed by atoms with Crippen LogP contribution in [0.1, 0.15) is 50.0 Å². The maximum absolute atomic E-state index is 15.0. The first kappa shape index (κ1) is 25.0. The summed E-state index contributed by atoms with van der Waals surface area (Å²) >= 11 is 0. The zero-order chi connectivity index (χ0) is 23.8. The lowest BCUT2D eigenvalue weighted by atomic mass is 9.75. The first-order valence-corrected chi connectivity index (χ1v) is 12.8. The Morgan fingerprint density at radius 2 is 1.65 bits per heavy atom. The van der Waals surface area contributed by atoms with Gasteiger partial charge in [0.2, 0.25) is 0 Å². The molecule has 1 heterocycles. The summed E-state index contributed by atoms with van der Waals surface area (Å²) in [5, 5.41) is 0. The van der Waals surface area contributed by atoms with Crippen molar-refractivity contribution in [3.05, 3.63) is 59.9 Å². The van der Waals surface area contributed by atoms with E-state index in [1.54, 1.807) is 26.4 Å². The molecule has 0 unspecified atom stereocenters. The highest BCUT2D eigenvalue weighted by atomic mass is 19.1. The van der Waals surface area contributed by atoms with Crippen LogP contribution in [0.3, 0.4) is 0 Å². The fourth-order valence-electron chi connectivity index (χ4n) is 5.87. The standard InChI is InChI=1S/C28H40FN3O2/c1-33-27-15-9-8-14-26(27)32-20-18-31(19-21-32)17-16-24(23-12-6-7-13-25(23)29)28(30-34-2)22-10-4-3-5-11-22/h6-9,12-15,22,24,28,30H,3-5,10-11,16-21H2,1-2H3/t24-,28+/m0/s1. The summed E-state index contributed by atoms with van der Waals surface area (Å²) in [7, 11) is 3.42. The summed E-state index contributed by atoms with van der Waals surface area (Å²) in [6.07, 6.45) is 7.08. The highest BCUT2D eigenvalue weighted by molar-refractivity contribution is 5.58. The quantitative estimate of drug-likeness (QED) is 0.482. The third-order valence-electron chi connectivity index (χ3n) is 7.70. The molecule has 34 heavy (non-hydrogen) atoms. The second-order valence-electron chi connectivity index (χ2n) is 9.66. The molecule has 0 spiro atoms. The van der Waals surface area contributed by atoms with Crippen molar-refractivity contribution in [3.8, 4) is 5.75 Å². The predicted molar refractivity (Wildman–Crippen MR) is 136 cm³/mol. The molecular weight excluding hydrogens is 429 g/mol. The lowest BCUT2D eigenvalue weighted by molar-refractivity contribution is 0.0204. The zero-order valence-corrected chi connectivity index (χ0v) is 20.7. The smallest absolute Gasteiger partial charge is 0.142 e. The van der Waals surface area contributed by atoms with Gasteiger partial charge in [0, 0.05) is 38.1 Å². The molecule has 1 aliphatic carbocycles. The number of para-hydroxylation sites is 2. The van der Waals surface area contributed by atoms with Crippen LogP contribution in [0.15, 0.2) is 48.5 Å². The summed E-state index contributed by atoms with van der Waals surface area (Å²) in [6.45, 7) is 4.87. The van der Waals surface area contributed by atoms with E-state index < -0.39 is 0 Å². The first-order valence-electron chi connectivity index (χ1n) is 12.8. The molecule has 1 aliphatic heterocycles. The number of hydrogen-bond acceptors (Lipinski definition) is 5. The van der Waals surface area contributed by atoms with Gasteiger partial charge in [-0.2, -0.15) is 5.48 Å². The van der Waals surface area contributed by atoms with Crippen LogP contribution < -0.4 is 15.1 Å². The molecular formula is C28H40FN3O2. The van der Waals surface area contributed by atoms with Gasteiger partial charge in [0.15, 0.2) is 0 Å². The van der Waals surface area contributed by atoms with E-state index in [0.29, 0.717) is 5.92 Å². The van der Waals surface area contributed by atoms with Gasteiger partial charge < -0.3 is 14.5 Å². The van der Waals surface area contributed by atoms with Crippen LogP contribution in [0, 0.1) is 11.7 Å². The highest BCUT2D eigenvalue weighted by Crippen LogP contribution is 2.37. The molecule has 0 bridgehead atoms. The Morgan fingerprint density at radius 1 is 0.941 bits per heavy atom. The van der Waals surface area contributed by atoms with E-state index in [9.17, 15) is 4.39 Å². The average molecular weight is 470 g/mol. The van der Waals surface area contributed by atoms with Crippen LogP contribution in [-0.2, 0) is 4.84 Å². The Balaban J connectivity index is 1.43. The Morgan fingerprint density at radius 3 is 2.35 bits per heavy atom. The van der Waals surface area contributed by atoms with Gasteiger partial charge in [-0.3, -0.25) is 4.90 Å². The number of hydrogen-bond donors (Lipinski definition) is 1. The van der Waals surface area contributed by atoms with Crippen molar-refractivity contribution < 1.29 is 14.0 Å². The van der Waals surface area contributed by atoms with E-state index in [-0.39, 0.29) is 17.8 Å². The van der Waals surface area contributed by atoms with Crippen molar-refractivity contribution in [2.45, 2.75) is 50.5 Å². The molecule has 1 N–H and O–H groups in total. The molecule has 1 saturated carbocycles. The van der Waals surface area contributed by atoms with Crippen molar-refractivity contribution in [1.29, 1.82) is 0 Å². The van der Waals surface area contributed by atoms with Gasteiger partial charge in [-0.1, -0.05) is 49.6 Å². The van der Waals surface area contributed by atoms with Gasteiger partial charge in [-0.25, -0.2) is 4.39 Å². The van der Waals surface area contributed by atoms with Crippen molar-refractivity contribution in [3.63, 3.8) is 0 Å². The number of methoxy groups -OCH3 is 1. The van der Waals surface area contributed by atoms with Gasteiger partial charge in [0.1, 0.15) is 11.6 Å². The number of anilines is 1. The van der Waals surface area contributed by atoms with Crippen molar-refractivity contribution >= 4 is 5.69 Å². The molecule has 2 aromatic carbocycles. The lowest BCUT2D eigenvalue weighted by Crippen LogP contribution is -2.48. The summed E-state index contributed by atoms with van der Waals surface area (Å²) < 4.78 is 20.5. The van der Waals surface area contributed by atoms with Gasteiger partial charge >= 0.3 is 0 Å². The van der Waals surface area contributed by atoms with E-state index >= 15 is 0 Å². The number of nitrogens with zero attached hydrogens (tertiary/aromatic N) is 2. The van der Waals surface area contributed by atoms with E-state index in [1.807, 2.05) is 24.3 Å². The molecule has 0 radical (unpaired) electrons. The van der Waals surface area contributed by atoms with Crippen LogP contribution >= 0.6 is 0 Å². The lowest BCUT2D eigenvalue weighted by Gasteiger charge is -2.39. The Bertz CT molecular complexity index is 881. The zero-order valence-electron chi connectivity index (χ0n) is 20.7. The fraction of sp³-hybridized carbons (Fsp3) is 0.571. The molecule has 2 aromatic rings. The highest BCUT2D eigenvalue weighted by Gasteiger charge is 2.33. The van der Waals surface area contributed by atoms with Crippen LogP contribution in [0.4, 0.5) is 10.1 Å².